The first-order chi connectivity index (χ1) is 15.5. The van der Waals surface area contributed by atoms with Gasteiger partial charge in [0.15, 0.2) is 5.82 Å². The molecule has 0 unspecified atom stereocenters. The zero-order valence-corrected chi connectivity index (χ0v) is 18.6. The third-order valence-electron chi connectivity index (χ3n) is 5.03. The largest absolute Gasteiger partial charge is 0.573 e. The van der Waals surface area contributed by atoms with Gasteiger partial charge in [0.1, 0.15) is 11.4 Å². The van der Waals surface area contributed by atoms with Gasteiger partial charge >= 0.3 is 6.36 Å². The van der Waals surface area contributed by atoms with Crippen LogP contribution in [0.25, 0.3) is 5.65 Å². The van der Waals surface area contributed by atoms with Crippen molar-refractivity contribution >= 4 is 21.5 Å². The fourth-order valence-corrected chi connectivity index (χ4v) is 4.92. The van der Waals surface area contributed by atoms with Crippen molar-refractivity contribution < 1.29 is 26.3 Å². The van der Waals surface area contributed by atoms with Crippen molar-refractivity contribution in [3.63, 3.8) is 0 Å². The highest BCUT2D eigenvalue weighted by atomic mass is 32.2. The maximum Gasteiger partial charge on any atom is 0.573 e. The number of anilines is 1. The summed E-state index contributed by atoms with van der Waals surface area (Å²) in [6.07, 6.45) is -2.95. The Morgan fingerprint density at radius 3 is 2.27 bits per heavy atom. The summed E-state index contributed by atoms with van der Waals surface area (Å²) in [5, 5.41) is 0. The molecule has 33 heavy (non-hydrogen) atoms. The molecule has 0 atom stereocenters. The topological polar surface area (TPSA) is 63.9 Å². The lowest BCUT2D eigenvalue weighted by molar-refractivity contribution is -0.274. The van der Waals surface area contributed by atoms with E-state index in [0.29, 0.717) is 16.9 Å². The third kappa shape index (κ3) is 4.80. The average molecular weight is 475 g/mol. The fourth-order valence-electron chi connectivity index (χ4n) is 3.45. The number of sulfonamides is 1. The number of pyridine rings is 1. The highest BCUT2D eigenvalue weighted by molar-refractivity contribution is 7.92. The first kappa shape index (κ1) is 22.7. The number of halogens is 3. The highest BCUT2D eigenvalue weighted by Crippen LogP contribution is 2.30. The van der Waals surface area contributed by atoms with Crippen molar-refractivity contribution in [3.8, 4) is 5.75 Å². The minimum absolute atomic E-state index is 0.0784. The Kier molecular flexibility index (Phi) is 5.79. The number of hydrogen-bond acceptors (Lipinski definition) is 4. The molecular weight excluding hydrogens is 455 g/mol. The van der Waals surface area contributed by atoms with Gasteiger partial charge in [0.05, 0.1) is 17.1 Å². The van der Waals surface area contributed by atoms with E-state index in [1.807, 2.05) is 19.2 Å². The molecule has 4 aromatic rings. The molecule has 10 heteroatoms. The predicted molar refractivity (Wildman–Crippen MR) is 118 cm³/mol. The van der Waals surface area contributed by atoms with Gasteiger partial charge in [-0.05, 0) is 55.3 Å². The molecule has 0 aliphatic heterocycles. The maximum absolute atomic E-state index is 13.6. The van der Waals surface area contributed by atoms with Crippen LogP contribution in [0.2, 0.25) is 0 Å². The molecule has 0 aliphatic rings. The SMILES string of the molecule is Cc1ccc2nc(N(Cc3ccc(OC(F)(F)F)cc3)S(=O)(=O)c3ccccc3)c(C)n2c1. The summed E-state index contributed by atoms with van der Waals surface area (Å²) in [7, 11) is -4.03. The van der Waals surface area contributed by atoms with Crippen LogP contribution in [0, 0.1) is 13.8 Å². The molecule has 0 aliphatic carbocycles. The number of fused-ring (bicyclic) bond motifs is 1. The van der Waals surface area contributed by atoms with Gasteiger partial charge in [-0.1, -0.05) is 36.4 Å². The summed E-state index contributed by atoms with van der Waals surface area (Å²) in [6, 6.07) is 16.7. The quantitative estimate of drug-likeness (QED) is 0.382. The monoisotopic (exact) mass is 475 g/mol. The summed E-state index contributed by atoms with van der Waals surface area (Å²) in [5.41, 5.74) is 2.64. The molecule has 2 aromatic carbocycles. The fraction of sp³-hybridized carbons (Fsp3) is 0.174. The molecule has 4 rings (SSSR count). The third-order valence-corrected chi connectivity index (χ3v) is 6.78. The van der Waals surface area contributed by atoms with Crippen LogP contribution in [0.15, 0.2) is 77.8 Å². The second-order valence-electron chi connectivity index (χ2n) is 7.47. The Labute approximate surface area is 188 Å². The molecule has 2 aromatic heterocycles. The summed E-state index contributed by atoms with van der Waals surface area (Å²) >= 11 is 0. The van der Waals surface area contributed by atoms with Crippen LogP contribution in [0.1, 0.15) is 16.8 Å². The number of aromatic nitrogens is 2. The molecule has 0 saturated carbocycles. The van der Waals surface area contributed by atoms with E-state index in [1.165, 1.54) is 28.6 Å². The van der Waals surface area contributed by atoms with Crippen LogP contribution in [0.4, 0.5) is 19.0 Å². The second-order valence-corrected chi connectivity index (χ2v) is 9.33. The Morgan fingerprint density at radius 1 is 0.970 bits per heavy atom. The number of hydrogen-bond donors (Lipinski definition) is 0. The van der Waals surface area contributed by atoms with Crippen molar-refractivity contribution in [1.29, 1.82) is 0 Å². The number of imidazole rings is 1. The van der Waals surface area contributed by atoms with Gasteiger partial charge in [-0.15, -0.1) is 13.2 Å². The van der Waals surface area contributed by atoms with Crippen molar-refractivity contribution in [2.45, 2.75) is 31.7 Å². The standard InChI is InChI=1S/C23H20F3N3O3S/c1-16-8-13-21-27-22(17(2)28(21)14-16)29(33(30,31)20-6-4-3-5-7-20)15-18-9-11-19(12-10-18)32-23(24,25)26/h3-14H,15H2,1-2H3. The van der Waals surface area contributed by atoms with Crippen LogP contribution in [0.5, 0.6) is 5.75 Å². The first-order valence-corrected chi connectivity index (χ1v) is 11.4. The van der Waals surface area contributed by atoms with Crippen molar-refractivity contribution in [2.24, 2.45) is 0 Å². The van der Waals surface area contributed by atoms with Gasteiger partial charge in [0, 0.05) is 6.20 Å². The zero-order chi connectivity index (χ0) is 23.8. The lowest BCUT2D eigenvalue weighted by atomic mass is 10.2. The van der Waals surface area contributed by atoms with E-state index < -0.39 is 16.4 Å². The summed E-state index contributed by atoms with van der Waals surface area (Å²) in [5.74, 6) is -0.150. The molecule has 0 saturated heterocycles. The van der Waals surface area contributed by atoms with Gasteiger partial charge in [-0.2, -0.15) is 0 Å². The second kappa shape index (κ2) is 8.43. The Balaban J connectivity index is 1.78. The van der Waals surface area contributed by atoms with Gasteiger partial charge in [0.2, 0.25) is 0 Å². The lowest BCUT2D eigenvalue weighted by Gasteiger charge is -2.23. The average Bonchev–Trinajstić information content (AvgIpc) is 3.08. The number of aryl methyl sites for hydroxylation is 2. The van der Waals surface area contributed by atoms with Crippen molar-refractivity contribution in [2.75, 3.05) is 4.31 Å². The van der Waals surface area contributed by atoms with E-state index in [1.54, 1.807) is 35.6 Å². The molecule has 6 nitrogen and oxygen atoms in total. The van der Waals surface area contributed by atoms with Gasteiger partial charge < -0.3 is 9.14 Å². The Hall–Kier alpha value is -3.53. The molecule has 0 spiro atoms. The zero-order valence-electron chi connectivity index (χ0n) is 17.7. The smallest absolute Gasteiger partial charge is 0.406 e. The van der Waals surface area contributed by atoms with Crippen LogP contribution in [-0.4, -0.2) is 24.2 Å². The van der Waals surface area contributed by atoms with E-state index in [4.69, 9.17) is 0 Å². The number of nitrogens with zero attached hydrogens (tertiary/aromatic N) is 3. The van der Waals surface area contributed by atoms with E-state index >= 15 is 0 Å². The molecule has 172 valence electrons. The van der Waals surface area contributed by atoms with Crippen LogP contribution in [-0.2, 0) is 16.6 Å². The summed E-state index contributed by atoms with van der Waals surface area (Å²) in [4.78, 5) is 4.62. The van der Waals surface area contributed by atoms with E-state index in [2.05, 4.69) is 9.72 Å². The molecule has 0 radical (unpaired) electrons. The van der Waals surface area contributed by atoms with E-state index in [9.17, 15) is 21.6 Å². The first-order valence-electron chi connectivity index (χ1n) is 9.92. The van der Waals surface area contributed by atoms with Gasteiger partial charge in [-0.3, -0.25) is 0 Å². The number of rotatable bonds is 6. The molecule has 0 amide bonds. The van der Waals surface area contributed by atoms with Gasteiger partial charge in [0.25, 0.3) is 10.0 Å². The Bertz CT molecular complexity index is 1380. The van der Waals surface area contributed by atoms with Crippen LogP contribution < -0.4 is 9.04 Å². The lowest BCUT2D eigenvalue weighted by Crippen LogP contribution is -2.31. The predicted octanol–water partition coefficient (Wildman–Crippen LogP) is 5.25. The molecular formula is C23H20F3N3O3S. The summed E-state index contributed by atoms with van der Waals surface area (Å²) in [6.45, 7) is 3.55. The van der Waals surface area contributed by atoms with Gasteiger partial charge in [-0.25, -0.2) is 17.7 Å². The number of benzene rings is 2. The Morgan fingerprint density at radius 2 is 1.64 bits per heavy atom. The van der Waals surface area contributed by atoms with Crippen LogP contribution >= 0.6 is 0 Å². The number of ether oxygens (including phenoxy) is 1. The van der Waals surface area contributed by atoms with E-state index in [-0.39, 0.29) is 23.0 Å². The minimum Gasteiger partial charge on any atom is -0.406 e. The molecule has 0 bridgehead atoms. The van der Waals surface area contributed by atoms with Crippen molar-refractivity contribution in [1.82, 2.24) is 9.38 Å². The molecule has 2 heterocycles. The number of alkyl halides is 3. The van der Waals surface area contributed by atoms with E-state index in [0.717, 1.165) is 17.7 Å². The highest BCUT2D eigenvalue weighted by Gasteiger charge is 2.32. The van der Waals surface area contributed by atoms with Crippen molar-refractivity contribution in [3.05, 3.63) is 89.7 Å². The minimum atomic E-state index is -4.81. The van der Waals surface area contributed by atoms with Crippen LogP contribution in [0.3, 0.4) is 0 Å². The molecule has 0 fully saturated rings. The summed E-state index contributed by atoms with van der Waals surface area (Å²) < 4.78 is 71.5. The normalized spacial score (nSPS) is 12.2. The molecule has 0 N–H and O–H groups in total. The maximum atomic E-state index is 13.6.